The maximum Gasteiger partial charge on any atom is 0.336 e. The Kier molecular flexibility index (Phi) is 9.17. The summed E-state index contributed by atoms with van der Waals surface area (Å²) < 4.78 is 74.8. The van der Waals surface area contributed by atoms with Crippen LogP contribution in [0.15, 0.2) is 56.7 Å². The van der Waals surface area contributed by atoms with Crippen LogP contribution >= 0.6 is 0 Å². The second-order valence-electron chi connectivity index (χ2n) is 9.78. The molecule has 0 fully saturated rings. The smallest absolute Gasteiger partial charge is 0.336 e. The molecule has 0 saturated carbocycles. The number of aliphatic carboxylic acids is 1. The molecule has 1 amide bonds. The third-order valence-corrected chi connectivity index (χ3v) is 8.70. The first kappa shape index (κ1) is 33.9. The van der Waals surface area contributed by atoms with Crippen molar-refractivity contribution in [3.05, 3.63) is 58.9 Å². The lowest BCUT2D eigenvalue weighted by molar-refractivity contribution is -0.137. The Morgan fingerprint density at radius 2 is 1.57 bits per heavy atom. The first-order chi connectivity index (χ1) is 21.4. The van der Waals surface area contributed by atoms with E-state index in [9.17, 15) is 50.5 Å². The Morgan fingerprint density at radius 3 is 2.13 bits per heavy atom. The van der Waals surface area contributed by atoms with Crippen molar-refractivity contribution in [3.63, 3.8) is 0 Å². The number of aliphatic hydroxyl groups excluding tert-OH is 1. The number of nitrogens with one attached hydrogen (secondary N) is 3. The SMILES string of the molecule is N=c1ccc2c(-c3ccc(C(O)NC(CCC(=O)O)C(=O)NN)cc3C(=O)O)c3ccc(N)c(S(=O)(=O)O)c3oc-2c1S(=O)(=O)O. The standard InChI is InChI=1S/C26H25N5O13S2/c27-15-5-3-12-19(13-4-6-16(28)23(46(41,42)43)21(13)44-20(12)22(15)45(38,39)40)11-2-1-10(9-14(11)26(36)37)24(34)30-17(25(35)31-29)7-8-18(32)33/h1-6,9,17,24,27,30,34H,7-8,28-29H2,(H,31,35)(H,32,33)(H,36,37)(H,38,39,40)(H,41,42,43). The number of rotatable bonds is 11. The molecule has 2 aromatic rings. The summed E-state index contributed by atoms with van der Waals surface area (Å²) in [5, 5.41) is 39.5. The summed E-state index contributed by atoms with van der Waals surface area (Å²) in [5.41, 5.74) is 5.00. The highest BCUT2D eigenvalue weighted by Crippen LogP contribution is 2.45. The number of aromatic carboxylic acids is 1. The molecule has 1 heterocycles. The number of carboxylic acid groups (broad SMARTS) is 2. The van der Waals surface area contributed by atoms with Crippen molar-refractivity contribution in [3.8, 4) is 22.5 Å². The third kappa shape index (κ3) is 6.53. The number of fused-ring (bicyclic) bond motifs is 2. The van der Waals surface area contributed by atoms with Crippen LogP contribution in [0.25, 0.3) is 33.4 Å². The van der Waals surface area contributed by atoms with Crippen LogP contribution in [0.5, 0.6) is 0 Å². The van der Waals surface area contributed by atoms with Crippen LogP contribution in [0.1, 0.15) is 35.0 Å². The Bertz CT molecular complexity index is 2160. The van der Waals surface area contributed by atoms with E-state index in [0.29, 0.717) is 0 Å². The average molecular weight is 680 g/mol. The van der Waals surface area contributed by atoms with Gasteiger partial charge >= 0.3 is 11.9 Å². The van der Waals surface area contributed by atoms with Gasteiger partial charge < -0.3 is 25.5 Å². The molecule has 0 saturated heterocycles. The molecule has 46 heavy (non-hydrogen) atoms. The zero-order valence-corrected chi connectivity index (χ0v) is 24.7. The monoisotopic (exact) mass is 679 g/mol. The lowest BCUT2D eigenvalue weighted by atomic mass is 9.89. The van der Waals surface area contributed by atoms with Gasteiger partial charge in [0.15, 0.2) is 21.1 Å². The van der Waals surface area contributed by atoms with Gasteiger partial charge in [-0.05, 0) is 47.9 Å². The first-order valence-electron chi connectivity index (χ1n) is 12.7. The highest BCUT2D eigenvalue weighted by molar-refractivity contribution is 7.86. The fourth-order valence-corrected chi connectivity index (χ4v) is 6.35. The third-order valence-electron chi connectivity index (χ3n) is 6.84. The van der Waals surface area contributed by atoms with Crippen molar-refractivity contribution in [2.45, 2.75) is 34.9 Å². The first-order valence-corrected chi connectivity index (χ1v) is 15.6. The lowest BCUT2D eigenvalue weighted by Crippen LogP contribution is -2.48. The van der Waals surface area contributed by atoms with Gasteiger partial charge in [0.25, 0.3) is 26.1 Å². The van der Waals surface area contributed by atoms with Crippen molar-refractivity contribution >= 4 is 54.7 Å². The van der Waals surface area contributed by atoms with Crippen molar-refractivity contribution in [1.82, 2.24) is 10.7 Å². The Morgan fingerprint density at radius 1 is 0.935 bits per heavy atom. The maximum atomic E-state index is 12.6. The van der Waals surface area contributed by atoms with E-state index in [1.165, 1.54) is 12.1 Å². The topological polar surface area (TPSA) is 334 Å². The molecular weight excluding hydrogens is 654 g/mol. The molecule has 0 bridgehead atoms. The second kappa shape index (κ2) is 12.4. The van der Waals surface area contributed by atoms with Gasteiger partial charge in [0, 0.05) is 22.9 Å². The van der Waals surface area contributed by atoms with Crippen LogP contribution in [0.3, 0.4) is 0 Å². The number of nitrogen functional groups attached to an aromatic ring is 1. The molecule has 2 unspecified atom stereocenters. The predicted molar refractivity (Wildman–Crippen MR) is 156 cm³/mol. The van der Waals surface area contributed by atoms with E-state index < -0.39 is 94.5 Å². The number of carboxylic acids is 2. The van der Waals surface area contributed by atoms with Crippen molar-refractivity contribution < 1.29 is 60.1 Å². The number of amides is 1. The van der Waals surface area contributed by atoms with E-state index in [2.05, 4.69) is 5.32 Å². The zero-order valence-electron chi connectivity index (χ0n) is 23.1. The van der Waals surface area contributed by atoms with Gasteiger partial charge in [0.1, 0.15) is 6.23 Å². The summed E-state index contributed by atoms with van der Waals surface area (Å²) in [6, 6.07) is 6.36. The highest BCUT2D eigenvalue weighted by Gasteiger charge is 2.32. The Labute approximate surface area is 258 Å². The molecule has 0 radical (unpaired) electrons. The molecule has 1 aliphatic carbocycles. The van der Waals surface area contributed by atoms with Crippen LogP contribution in [0.2, 0.25) is 0 Å². The molecule has 4 rings (SSSR count). The molecule has 12 N–H and O–H groups in total. The van der Waals surface area contributed by atoms with Gasteiger partial charge in [0.2, 0.25) is 0 Å². The van der Waals surface area contributed by atoms with Crippen LogP contribution < -0.4 is 27.7 Å². The number of anilines is 1. The largest absolute Gasteiger partial charge is 0.481 e. The average Bonchev–Trinajstić information content (AvgIpc) is 2.95. The Balaban J connectivity index is 2.05. The lowest BCUT2D eigenvalue weighted by Gasteiger charge is -2.23. The fraction of sp³-hybridized carbons (Fsp3) is 0.154. The number of hydrogen-bond acceptors (Lipinski definition) is 13. The molecule has 2 aliphatic rings. The summed E-state index contributed by atoms with van der Waals surface area (Å²) in [6.07, 6.45) is -2.55. The molecule has 244 valence electrons. The van der Waals surface area contributed by atoms with Crippen LogP contribution in [-0.2, 0) is 29.8 Å². The van der Waals surface area contributed by atoms with E-state index in [1.807, 2.05) is 5.43 Å². The summed E-state index contributed by atoms with van der Waals surface area (Å²) in [7, 11) is -10.4. The van der Waals surface area contributed by atoms with Crippen molar-refractivity contribution in [2.24, 2.45) is 5.84 Å². The number of benzene rings is 3. The molecule has 20 heteroatoms. The number of carbonyl (C=O) groups excluding carboxylic acids is 1. The van der Waals surface area contributed by atoms with E-state index in [4.69, 9.17) is 26.5 Å². The second-order valence-corrected chi connectivity index (χ2v) is 12.5. The summed E-state index contributed by atoms with van der Waals surface area (Å²) in [6.45, 7) is 0. The maximum absolute atomic E-state index is 12.6. The minimum atomic E-state index is -5.22. The zero-order chi connectivity index (χ0) is 34.3. The molecular formula is C26H25N5O13S2. The van der Waals surface area contributed by atoms with Gasteiger partial charge in [-0.1, -0.05) is 12.1 Å². The highest BCUT2D eigenvalue weighted by atomic mass is 32.2. The van der Waals surface area contributed by atoms with E-state index in [-0.39, 0.29) is 34.1 Å². The van der Waals surface area contributed by atoms with Crippen molar-refractivity contribution in [2.75, 3.05) is 5.73 Å². The number of nitrogens with two attached hydrogens (primary N) is 2. The minimum Gasteiger partial charge on any atom is -0.481 e. The van der Waals surface area contributed by atoms with E-state index in [0.717, 1.165) is 30.3 Å². The number of hydrazine groups is 1. The minimum absolute atomic E-state index is 0.143. The van der Waals surface area contributed by atoms with Crippen LogP contribution in [-0.4, -0.2) is 65.1 Å². The van der Waals surface area contributed by atoms with Gasteiger partial charge in [-0.3, -0.25) is 34.8 Å². The molecule has 2 aromatic carbocycles. The number of hydrogen-bond donors (Lipinski definition) is 10. The van der Waals surface area contributed by atoms with Crippen LogP contribution in [0.4, 0.5) is 5.69 Å². The van der Waals surface area contributed by atoms with Gasteiger partial charge in [-0.2, -0.15) is 16.8 Å². The van der Waals surface area contributed by atoms with Gasteiger partial charge in [-0.25, -0.2) is 10.6 Å². The fourth-order valence-electron chi connectivity index (χ4n) is 4.87. The summed E-state index contributed by atoms with van der Waals surface area (Å²) in [5.74, 6) is 0.646. The van der Waals surface area contributed by atoms with E-state index >= 15 is 0 Å². The molecule has 2 atom stereocenters. The summed E-state index contributed by atoms with van der Waals surface area (Å²) in [4.78, 5) is 33.6. The normalized spacial score (nSPS) is 13.4. The number of carbonyl (C=O) groups is 3. The van der Waals surface area contributed by atoms with E-state index in [1.54, 1.807) is 0 Å². The molecule has 0 aromatic heterocycles. The van der Waals surface area contributed by atoms with Crippen LogP contribution in [0, 0.1) is 5.41 Å². The predicted octanol–water partition coefficient (Wildman–Crippen LogP) is 0.262. The van der Waals surface area contributed by atoms with Gasteiger partial charge in [-0.15, -0.1) is 0 Å². The molecule has 18 nitrogen and oxygen atoms in total. The molecule has 1 aliphatic heterocycles. The van der Waals surface area contributed by atoms with Gasteiger partial charge in [0.05, 0.1) is 22.6 Å². The van der Waals surface area contributed by atoms with Crippen molar-refractivity contribution in [1.29, 1.82) is 5.41 Å². The molecule has 0 spiro atoms. The quantitative estimate of drug-likeness (QED) is 0.0193. The summed E-state index contributed by atoms with van der Waals surface area (Å²) >= 11 is 0. The number of aliphatic hydroxyl groups is 1. The Hall–Kier alpha value is -4.96.